The summed E-state index contributed by atoms with van der Waals surface area (Å²) in [6.45, 7) is 2.56. The summed E-state index contributed by atoms with van der Waals surface area (Å²) in [6.07, 6.45) is 3.28. The minimum atomic E-state index is 0.650. The molecule has 0 bridgehead atoms. The molecule has 0 aliphatic heterocycles. The predicted molar refractivity (Wildman–Crippen MR) is 56.3 cm³/mol. The molecule has 15 heavy (non-hydrogen) atoms. The second-order valence-electron chi connectivity index (χ2n) is 3.39. The van der Waals surface area contributed by atoms with E-state index in [0.29, 0.717) is 12.3 Å². The highest BCUT2D eigenvalue weighted by Gasteiger charge is 2.13. The summed E-state index contributed by atoms with van der Waals surface area (Å²) >= 11 is 0. The Kier molecular flexibility index (Phi) is 2.87. The van der Waals surface area contributed by atoms with Crippen LogP contribution in [0.1, 0.15) is 18.0 Å². The van der Waals surface area contributed by atoms with Gasteiger partial charge in [0.1, 0.15) is 0 Å². The Morgan fingerprint density at radius 1 is 1.47 bits per heavy atom. The Morgan fingerprint density at radius 2 is 2.33 bits per heavy atom. The maximum atomic E-state index is 5.60. The molecule has 0 fully saturated rings. The topological polar surface area (TPSA) is 65.2 Å². The minimum absolute atomic E-state index is 0.650. The van der Waals surface area contributed by atoms with Crippen LogP contribution in [0.5, 0.6) is 0 Å². The highest BCUT2D eigenvalue weighted by atomic mass is 16.4. The van der Waals surface area contributed by atoms with Crippen LogP contribution in [0, 0.1) is 6.92 Å². The molecule has 2 rings (SSSR count). The van der Waals surface area contributed by atoms with Gasteiger partial charge in [-0.1, -0.05) is 0 Å². The van der Waals surface area contributed by atoms with Crippen molar-refractivity contribution < 1.29 is 8.83 Å². The highest BCUT2D eigenvalue weighted by Crippen LogP contribution is 2.24. The fraction of sp³-hybridized carbons (Fsp3) is 0.364. The zero-order valence-electron chi connectivity index (χ0n) is 8.69. The van der Waals surface area contributed by atoms with E-state index in [1.54, 1.807) is 6.26 Å². The number of oxazole rings is 1. The SMILES string of the molecule is Cc1nc(CCCN)oc1-c1ccco1. The van der Waals surface area contributed by atoms with Crippen LogP contribution in [0.3, 0.4) is 0 Å². The Hall–Kier alpha value is -1.55. The van der Waals surface area contributed by atoms with E-state index in [1.807, 2.05) is 19.1 Å². The van der Waals surface area contributed by atoms with Gasteiger partial charge in [-0.2, -0.15) is 0 Å². The lowest BCUT2D eigenvalue weighted by atomic mass is 10.3. The van der Waals surface area contributed by atoms with Gasteiger partial charge in [-0.25, -0.2) is 4.98 Å². The molecule has 4 nitrogen and oxygen atoms in total. The summed E-state index contributed by atoms with van der Waals surface area (Å²) in [7, 11) is 0. The van der Waals surface area contributed by atoms with Crippen molar-refractivity contribution in [3.05, 3.63) is 30.0 Å². The van der Waals surface area contributed by atoms with Gasteiger partial charge < -0.3 is 14.6 Å². The Balaban J connectivity index is 2.22. The molecule has 0 atom stereocenters. The van der Waals surface area contributed by atoms with E-state index in [-0.39, 0.29) is 0 Å². The summed E-state index contributed by atoms with van der Waals surface area (Å²) in [6, 6.07) is 3.69. The van der Waals surface area contributed by atoms with Crippen molar-refractivity contribution in [2.75, 3.05) is 6.54 Å². The van der Waals surface area contributed by atoms with Crippen LogP contribution in [0.15, 0.2) is 27.2 Å². The standard InChI is InChI=1S/C11H14N2O2/c1-8-11(9-4-3-7-14-9)15-10(13-8)5-2-6-12/h3-4,7H,2,5-6,12H2,1H3. The molecule has 0 amide bonds. The normalized spacial score (nSPS) is 10.8. The maximum Gasteiger partial charge on any atom is 0.195 e. The molecule has 0 spiro atoms. The third-order valence-electron chi connectivity index (χ3n) is 2.18. The number of nitrogens with two attached hydrogens (primary N) is 1. The average molecular weight is 206 g/mol. The van der Waals surface area contributed by atoms with Crippen LogP contribution in [0.4, 0.5) is 0 Å². The quantitative estimate of drug-likeness (QED) is 0.832. The van der Waals surface area contributed by atoms with Crippen molar-refractivity contribution in [2.24, 2.45) is 5.73 Å². The van der Waals surface area contributed by atoms with Gasteiger partial charge in [0, 0.05) is 6.42 Å². The van der Waals surface area contributed by atoms with Gasteiger partial charge in [0.15, 0.2) is 17.4 Å². The van der Waals surface area contributed by atoms with Crippen LogP contribution in [-0.4, -0.2) is 11.5 Å². The zero-order valence-corrected chi connectivity index (χ0v) is 8.69. The second-order valence-corrected chi connectivity index (χ2v) is 3.39. The van der Waals surface area contributed by atoms with Crippen LogP contribution >= 0.6 is 0 Å². The monoisotopic (exact) mass is 206 g/mol. The summed E-state index contributed by atoms with van der Waals surface area (Å²) in [5.41, 5.74) is 6.29. The lowest BCUT2D eigenvalue weighted by Crippen LogP contribution is -2.00. The van der Waals surface area contributed by atoms with Gasteiger partial charge >= 0.3 is 0 Å². The largest absolute Gasteiger partial charge is 0.461 e. The molecule has 0 radical (unpaired) electrons. The lowest BCUT2D eigenvalue weighted by molar-refractivity contribution is 0.477. The van der Waals surface area contributed by atoms with Gasteiger partial charge in [-0.15, -0.1) is 0 Å². The fourth-order valence-electron chi connectivity index (χ4n) is 1.45. The first kappa shape index (κ1) is 9.98. The lowest BCUT2D eigenvalue weighted by Gasteiger charge is -1.91. The molecule has 80 valence electrons. The van der Waals surface area contributed by atoms with E-state index in [0.717, 1.165) is 30.2 Å². The van der Waals surface area contributed by atoms with Crippen LogP contribution < -0.4 is 5.73 Å². The van der Waals surface area contributed by atoms with E-state index in [1.165, 1.54) is 0 Å². The number of hydrogen-bond donors (Lipinski definition) is 1. The fourth-order valence-corrected chi connectivity index (χ4v) is 1.45. The number of rotatable bonds is 4. The molecule has 0 saturated heterocycles. The Morgan fingerprint density at radius 3 is 3.00 bits per heavy atom. The minimum Gasteiger partial charge on any atom is -0.461 e. The first-order valence-corrected chi connectivity index (χ1v) is 5.01. The van der Waals surface area contributed by atoms with Crippen molar-refractivity contribution in [3.63, 3.8) is 0 Å². The van der Waals surface area contributed by atoms with E-state index in [4.69, 9.17) is 14.6 Å². The smallest absolute Gasteiger partial charge is 0.195 e. The van der Waals surface area contributed by atoms with Crippen molar-refractivity contribution in [2.45, 2.75) is 19.8 Å². The van der Waals surface area contributed by atoms with Crippen molar-refractivity contribution >= 4 is 0 Å². The summed E-state index contributed by atoms with van der Waals surface area (Å²) in [5.74, 6) is 2.16. The number of nitrogens with zero attached hydrogens (tertiary/aromatic N) is 1. The number of hydrogen-bond acceptors (Lipinski definition) is 4. The average Bonchev–Trinajstić information content (AvgIpc) is 2.83. The number of aromatic nitrogens is 1. The number of furan rings is 1. The molecule has 2 aromatic rings. The van der Waals surface area contributed by atoms with Gasteiger partial charge in [-0.05, 0) is 32.0 Å². The Labute approximate surface area is 88.1 Å². The maximum absolute atomic E-state index is 5.60. The zero-order chi connectivity index (χ0) is 10.7. The first-order valence-electron chi connectivity index (χ1n) is 5.01. The molecular weight excluding hydrogens is 192 g/mol. The highest BCUT2D eigenvalue weighted by molar-refractivity contribution is 5.52. The van der Waals surface area contributed by atoms with Gasteiger partial charge in [-0.3, -0.25) is 0 Å². The van der Waals surface area contributed by atoms with Crippen molar-refractivity contribution in [3.8, 4) is 11.5 Å². The van der Waals surface area contributed by atoms with Crippen molar-refractivity contribution in [1.82, 2.24) is 4.98 Å². The molecule has 0 aliphatic rings. The van der Waals surface area contributed by atoms with Gasteiger partial charge in [0.25, 0.3) is 0 Å². The molecule has 2 N–H and O–H groups in total. The third-order valence-corrected chi connectivity index (χ3v) is 2.18. The molecular formula is C11H14N2O2. The summed E-state index contributed by atoms with van der Waals surface area (Å²) in [4.78, 5) is 4.32. The van der Waals surface area contributed by atoms with E-state index < -0.39 is 0 Å². The van der Waals surface area contributed by atoms with E-state index in [2.05, 4.69) is 4.98 Å². The molecule has 0 saturated carbocycles. The summed E-state index contributed by atoms with van der Waals surface area (Å²) in [5, 5.41) is 0. The molecule has 2 aromatic heterocycles. The van der Waals surface area contributed by atoms with Crippen molar-refractivity contribution in [1.29, 1.82) is 0 Å². The van der Waals surface area contributed by atoms with E-state index in [9.17, 15) is 0 Å². The Bertz CT molecular complexity index is 418. The van der Waals surface area contributed by atoms with Crippen LogP contribution in [0.2, 0.25) is 0 Å². The first-order chi connectivity index (χ1) is 7.31. The number of aryl methyl sites for hydroxylation is 2. The second kappa shape index (κ2) is 4.31. The molecule has 0 unspecified atom stereocenters. The summed E-state index contributed by atoms with van der Waals surface area (Å²) < 4.78 is 10.9. The van der Waals surface area contributed by atoms with Crippen LogP contribution in [0.25, 0.3) is 11.5 Å². The molecule has 2 heterocycles. The van der Waals surface area contributed by atoms with Gasteiger partial charge in [0.2, 0.25) is 0 Å². The third kappa shape index (κ3) is 2.10. The molecule has 4 heteroatoms. The van der Waals surface area contributed by atoms with Crippen LogP contribution in [-0.2, 0) is 6.42 Å². The van der Waals surface area contributed by atoms with E-state index >= 15 is 0 Å². The van der Waals surface area contributed by atoms with Gasteiger partial charge in [0.05, 0.1) is 12.0 Å². The molecule has 0 aliphatic carbocycles. The molecule has 0 aromatic carbocycles. The predicted octanol–water partition coefficient (Wildman–Crippen LogP) is 2.13.